The second kappa shape index (κ2) is 6.64. The van der Waals surface area contributed by atoms with Crippen LogP contribution in [0.4, 0.5) is 4.39 Å². The highest BCUT2D eigenvalue weighted by Crippen LogP contribution is 2.37. The van der Waals surface area contributed by atoms with Crippen LogP contribution in [0.5, 0.6) is 0 Å². The van der Waals surface area contributed by atoms with Crippen molar-refractivity contribution in [2.75, 3.05) is 13.2 Å². The molecule has 4 N–H and O–H groups in total. The summed E-state index contributed by atoms with van der Waals surface area (Å²) in [5, 5.41) is 5.38. The number of hydrogen-bond donors (Lipinski definition) is 3. The monoisotopic (exact) mass is 321 g/mol. The van der Waals surface area contributed by atoms with E-state index in [0.717, 1.165) is 6.42 Å². The van der Waals surface area contributed by atoms with Crippen molar-refractivity contribution < 1.29 is 18.7 Å². The minimum absolute atomic E-state index is 0.0157. The molecule has 0 radical (unpaired) electrons. The van der Waals surface area contributed by atoms with Gasteiger partial charge in [-0.15, -0.1) is 0 Å². The van der Waals surface area contributed by atoms with Crippen LogP contribution < -0.4 is 16.4 Å². The normalized spacial score (nSPS) is 28.6. The van der Waals surface area contributed by atoms with Gasteiger partial charge in [-0.3, -0.25) is 9.59 Å². The molecule has 0 spiro atoms. The zero-order valence-electron chi connectivity index (χ0n) is 12.6. The summed E-state index contributed by atoms with van der Waals surface area (Å²) in [5.74, 6) is -0.982. The molecule has 1 aromatic carbocycles. The molecule has 3 rings (SSSR count). The van der Waals surface area contributed by atoms with Gasteiger partial charge in [0.2, 0.25) is 5.91 Å². The van der Waals surface area contributed by atoms with E-state index in [1.54, 1.807) is 6.07 Å². The molecule has 1 aliphatic carbocycles. The van der Waals surface area contributed by atoms with E-state index in [-0.39, 0.29) is 42.6 Å². The third-order valence-corrected chi connectivity index (χ3v) is 4.53. The second-order valence-corrected chi connectivity index (χ2v) is 5.94. The van der Waals surface area contributed by atoms with Gasteiger partial charge in [0.25, 0.3) is 5.91 Å². The summed E-state index contributed by atoms with van der Waals surface area (Å²) >= 11 is 0. The summed E-state index contributed by atoms with van der Waals surface area (Å²) in [6.45, 7) is 0.823. The minimum Gasteiger partial charge on any atom is -0.376 e. The van der Waals surface area contributed by atoms with Gasteiger partial charge < -0.3 is 21.1 Å². The number of ether oxygens (including phenoxy) is 1. The van der Waals surface area contributed by atoms with Crippen LogP contribution in [0, 0.1) is 11.7 Å². The fourth-order valence-electron chi connectivity index (χ4n) is 3.22. The maximum Gasteiger partial charge on any atom is 0.254 e. The van der Waals surface area contributed by atoms with Crippen molar-refractivity contribution >= 4 is 11.8 Å². The van der Waals surface area contributed by atoms with E-state index in [9.17, 15) is 14.0 Å². The molecule has 0 unspecified atom stereocenters. The van der Waals surface area contributed by atoms with Crippen LogP contribution in [-0.4, -0.2) is 43.2 Å². The lowest BCUT2D eigenvalue weighted by Crippen LogP contribution is -2.69. The van der Waals surface area contributed by atoms with Gasteiger partial charge in [0.1, 0.15) is 5.82 Å². The predicted octanol–water partition coefficient (Wildman–Crippen LogP) is 0.176. The average molecular weight is 321 g/mol. The Hall–Kier alpha value is -1.99. The lowest BCUT2D eigenvalue weighted by Gasteiger charge is -2.45. The van der Waals surface area contributed by atoms with Crippen LogP contribution in [0.15, 0.2) is 24.3 Å². The molecular weight excluding hydrogens is 301 g/mol. The van der Waals surface area contributed by atoms with Gasteiger partial charge in [-0.1, -0.05) is 12.1 Å². The molecule has 1 aliphatic heterocycles. The molecular formula is C16H20FN3O3. The van der Waals surface area contributed by atoms with Gasteiger partial charge >= 0.3 is 0 Å². The number of amides is 2. The Morgan fingerprint density at radius 3 is 2.91 bits per heavy atom. The summed E-state index contributed by atoms with van der Waals surface area (Å²) in [4.78, 5) is 23.7. The SMILES string of the molecule is N[C@H]1[C@H]2CCO[C@H]2[C@@H]1NC(=O)CCNC(=O)c1ccccc1F. The van der Waals surface area contributed by atoms with Crippen LogP contribution >= 0.6 is 0 Å². The molecule has 2 amide bonds. The van der Waals surface area contributed by atoms with Gasteiger partial charge in [-0.2, -0.15) is 0 Å². The quantitative estimate of drug-likeness (QED) is 0.721. The first-order valence-electron chi connectivity index (χ1n) is 7.77. The van der Waals surface area contributed by atoms with Gasteiger partial charge in [0.05, 0.1) is 17.7 Å². The van der Waals surface area contributed by atoms with E-state index in [4.69, 9.17) is 10.5 Å². The summed E-state index contributed by atoms with van der Waals surface area (Å²) < 4.78 is 19.0. The predicted molar refractivity (Wildman–Crippen MR) is 81.1 cm³/mol. The Labute approximate surface area is 133 Å². The number of benzene rings is 1. The van der Waals surface area contributed by atoms with Crippen LogP contribution in [0.3, 0.4) is 0 Å². The van der Waals surface area contributed by atoms with Gasteiger partial charge in [-0.05, 0) is 18.6 Å². The fraction of sp³-hybridized carbons (Fsp3) is 0.500. The van der Waals surface area contributed by atoms with Crippen LogP contribution in [0.25, 0.3) is 0 Å². The van der Waals surface area contributed by atoms with Crippen molar-refractivity contribution in [3.63, 3.8) is 0 Å². The number of nitrogens with two attached hydrogens (primary N) is 1. The number of halogens is 1. The first-order valence-corrected chi connectivity index (χ1v) is 7.77. The minimum atomic E-state index is -0.584. The topological polar surface area (TPSA) is 93.4 Å². The molecule has 7 heteroatoms. The van der Waals surface area contributed by atoms with Crippen molar-refractivity contribution in [3.05, 3.63) is 35.6 Å². The summed E-state index contributed by atoms with van der Waals surface area (Å²) in [7, 11) is 0. The first kappa shape index (κ1) is 15.9. The fourth-order valence-corrected chi connectivity index (χ4v) is 3.22. The highest BCUT2D eigenvalue weighted by molar-refractivity contribution is 5.94. The zero-order valence-corrected chi connectivity index (χ0v) is 12.6. The molecule has 1 heterocycles. The molecule has 4 atom stereocenters. The zero-order chi connectivity index (χ0) is 16.4. The molecule has 1 saturated heterocycles. The summed E-state index contributed by atoms with van der Waals surface area (Å²) in [6.07, 6.45) is 1.07. The molecule has 124 valence electrons. The van der Waals surface area contributed by atoms with Crippen LogP contribution in [0.2, 0.25) is 0 Å². The highest BCUT2D eigenvalue weighted by Gasteiger charge is 2.52. The number of nitrogens with one attached hydrogen (secondary N) is 2. The first-order chi connectivity index (χ1) is 11.1. The highest BCUT2D eigenvalue weighted by atomic mass is 19.1. The Balaban J connectivity index is 1.41. The van der Waals surface area contributed by atoms with E-state index in [2.05, 4.69) is 10.6 Å². The van der Waals surface area contributed by atoms with E-state index in [1.165, 1.54) is 18.2 Å². The molecule has 1 saturated carbocycles. The molecule has 2 fully saturated rings. The molecule has 0 aromatic heterocycles. The van der Waals surface area contributed by atoms with Crippen molar-refractivity contribution in [3.8, 4) is 0 Å². The standard InChI is InChI=1S/C16H20FN3O3/c17-11-4-2-1-3-9(11)16(22)19-7-5-12(21)20-14-13(18)10-6-8-23-15(10)14/h1-4,10,13-15H,5-8,18H2,(H,19,22)(H,20,21)/t10-,13+,14-,15-/m1/s1. The summed E-state index contributed by atoms with van der Waals surface area (Å²) in [6, 6.07) is 5.49. The third kappa shape index (κ3) is 3.20. The van der Waals surface area contributed by atoms with E-state index in [1.807, 2.05) is 0 Å². The second-order valence-electron chi connectivity index (χ2n) is 5.94. The van der Waals surface area contributed by atoms with Crippen molar-refractivity contribution in [2.24, 2.45) is 11.7 Å². The number of carbonyl (C=O) groups is 2. The summed E-state index contributed by atoms with van der Waals surface area (Å²) in [5.41, 5.74) is 5.99. The number of hydrogen-bond acceptors (Lipinski definition) is 4. The Bertz CT molecular complexity index is 610. The van der Waals surface area contributed by atoms with Crippen LogP contribution in [0.1, 0.15) is 23.2 Å². The van der Waals surface area contributed by atoms with E-state index >= 15 is 0 Å². The number of carbonyl (C=O) groups excluding carboxylic acids is 2. The van der Waals surface area contributed by atoms with Gasteiger partial charge in [0, 0.05) is 31.5 Å². The van der Waals surface area contributed by atoms with E-state index < -0.39 is 11.7 Å². The number of fused-ring (bicyclic) bond motifs is 1. The molecule has 1 aromatic rings. The van der Waals surface area contributed by atoms with E-state index in [0.29, 0.717) is 12.5 Å². The Morgan fingerprint density at radius 1 is 1.35 bits per heavy atom. The molecule has 23 heavy (non-hydrogen) atoms. The maximum absolute atomic E-state index is 13.5. The van der Waals surface area contributed by atoms with Crippen molar-refractivity contribution in [2.45, 2.75) is 31.0 Å². The maximum atomic E-state index is 13.5. The number of rotatable bonds is 5. The average Bonchev–Trinajstić information content (AvgIpc) is 2.98. The lowest BCUT2D eigenvalue weighted by atomic mass is 9.72. The third-order valence-electron chi connectivity index (χ3n) is 4.53. The van der Waals surface area contributed by atoms with Gasteiger partial charge in [0.15, 0.2) is 0 Å². The smallest absolute Gasteiger partial charge is 0.254 e. The lowest BCUT2D eigenvalue weighted by molar-refractivity contribution is -0.125. The molecule has 2 aliphatic rings. The Kier molecular flexibility index (Phi) is 4.58. The van der Waals surface area contributed by atoms with Crippen molar-refractivity contribution in [1.82, 2.24) is 10.6 Å². The Morgan fingerprint density at radius 2 is 2.13 bits per heavy atom. The molecule has 0 bridgehead atoms. The largest absolute Gasteiger partial charge is 0.376 e. The van der Waals surface area contributed by atoms with Crippen molar-refractivity contribution in [1.29, 1.82) is 0 Å². The van der Waals surface area contributed by atoms with Crippen LogP contribution in [-0.2, 0) is 9.53 Å². The molecule has 6 nitrogen and oxygen atoms in total. The van der Waals surface area contributed by atoms with Gasteiger partial charge in [-0.25, -0.2) is 4.39 Å².